The summed E-state index contributed by atoms with van der Waals surface area (Å²) in [4.78, 5) is 14.4. The van der Waals surface area contributed by atoms with Crippen molar-refractivity contribution in [1.82, 2.24) is 10.2 Å². The molecule has 2 saturated carbocycles. The van der Waals surface area contributed by atoms with Gasteiger partial charge in [-0.1, -0.05) is 25.0 Å². The first-order valence-electron chi connectivity index (χ1n) is 9.83. The summed E-state index contributed by atoms with van der Waals surface area (Å²) in [6, 6.07) is 6.52. The summed E-state index contributed by atoms with van der Waals surface area (Å²) in [7, 11) is 1.78. The van der Waals surface area contributed by atoms with Crippen molar-refractivity contribution in [3.05, 3.63) is 35.6 Å². The Balaban J connectivity index is 1.57. The average molecular weight is 362 g/mol. The molecule has 3 rings (SSSR count). The summed E-state index contributed by atoms with van der Waals surface area (Å²) in [6.45, 7) is 5.15. The third kappa shape index (κ3) is 3.79. The number of amides is 1. The van der Waals surface area contributed by atoms with E-state index in [1.807, 2.05) is 13.0 Å². The third-order valence-corrected chi connectivity index (χ3v) is 6.19. The second kappa shape index (κ2) is 8.05. The number of nitrogens with zero attached hydrogens (tertiary/aromatic N) is 1. The Morgan fingerprint density at radius 2 is 2.15 bits per heavy atom. The molecular formula is C21H31FN2O2. The van der Waals surface area contributed by atoms with Gasteiger partial charge in [-0.05, 0) is 50.8 Å². The first kappa shape index (κ1) is 19.3. The molecule has 0 heterocycles. The Kier molecular flexibility index (Phi) is 5.98. The summed E-state index contributed by atoms with van der Waals surface area (Å²) in [5.74, 6) is -0.226. The van der Waals surface area contributed by atoms with Crippen molar-refractivity contribution in [2.45, 2.75) is 70.7 Å². The van der Waals surface area contributed by atoms with Gasteiger partial charge in [0.15, 0.2) is 0 Å². The lowest BCUT2D eigenvalue weighted by molar-refractivity contribution is -0.143. The fraction of sp³-hybridized carbons (Fsp3) is 0.667. The van der Waals surface area contributed by atoms with Gasteiger partial charge in [-0.3, -0.25) is 4.79 Å². The number of halogens is 1. The predicted octanol–water partition coefficient (Wildman–Crippen LogP) is 3.50. The van der Waals surface area contributed by atoms with Crippen molar-refractivity contribution in [3.63, 3.8) is 0 Å². The Hall–Kier alpha value is -1.46. The zero-order valence-electron chi connectivity index (χ0n) is 16.1. The molecule has 0 bridgehead atoms. The molecular weight excluding hydrogens is 331 g/mol. The minimum absolute atomic E-state index is 0.0438. The molecule has 2 aliphatic rings. The van der Waals surface area contributed by atoms with Crippen LogP contribution in [0.1, 0.15) is 51.5 Å². The second-order valence-electron chi connectivity index (χ2n) is 7.89. The Labute approximate surface area is 156 Å². The van der Waals surface area contributed by atoms with Crippen LogP contribution >= 0.6 is 0 Å². The Morgan fingerprint density at radius 3 is 2.81 bits per heavy atom. The number of benzene rings is 1. The molecule has 3 unspecified atom stereocenters. The van der Waals surface area contributed by atoms with Crippen LogP contribution in [0.25, 0.3) is 0 Å². The molecule has 0 aromatic heterocycles. The molecule has 144 valence electrons. The minimum Gasteiger partial charge on any atom is -0.378 e. The number of carbonyl (C=O) groups excluding carboxylic acids is 1. The van der Waals surface area contributed by atoms with E-state index in [1.165, 1.54) is 37.8 Å². The highest BCUT2D eigenvalue weighted by molar-refractivity contribution is 5.81. The van der Waals surface area contributed by atoms with Crippen molar-refractivity contribution in [2.75, 3.05) is 13.7 Å². The smallest absolute Gasteiger partial charge is 0.239 e. The molecule has 0 aliphatic heterocycles. The maximum atomic E-state index is 13.3. The molecule has 0 saturated heterocycles. The normalized spacial score (nSPS) is 25.1. The topological polar surface area (TPSA) is 41.6 Å². The number of rotatable bonds is 7. The average Bonchev–Trinajstić information content (AvgIpc) is 3.13. The Bertz CT molecular complexity index is 630. The van der Waals surface area contributed by atoms with Crippen LogP contribution in [0.4, 0.5) is 4.39 Å². The number of ether oxygens (including phenoxy) is 1. The summed E-state index contributed by atoms with van der Waals surface area (Å²) < 4.78 is 19.3. The SMILES string of the molecule is CCOC1CC(NC(C)C(=O)N(C)Cc2cccc(F)c2)C12CCCC2. The second-order valence-corrected chi connectivity index (χ2v) is 7.89. The number of likely N-dealkylation sites (N-methyl/N-ethyl adjacent to an activating group) is 1. The number of nitrogens with one attached hydrogen (secondary N) is 1. The van der Waals surface area contributed by atoms with E-state index >= 15 is 0 Å². The minimum atomic E-state index is -0.269. The quantitative estimate of drug-likeness (QED) is 0.807. The molecule has 2 fully saturated rings. The van der Waals surface area contributed by atoms with Crippen molar-refractivity contribution < 1.29 is 13.9 Å². The van der Waals surface area contributed by atoms with E-state index in [0.29, 0.717) is 18.7 Å². The van der Waals surface area contributed by atoms with E-state index in [4.69, 9.17) is 4.74 Å². The lowest BCUT2D eigenvalue weighted by Crippen LogP contribution is -2.65. The number of hydrogen-bond donors (Lipinski definition) is 1. The van der Waals surface area contributed by atoms with E-state index in [-0.39, 0.29) is 23.2 Å². The molecule has 1 aromatic rings. The standard InChI is InChI=1S/C21H31FN2O2/c1-4-26-19-13-18(21(19)10-5-6-11-21)23-15(2)20(25)24(3)14-16-8-7-9-17(22)12-16/h7-9,12,15,18-19,23H,4-6,10-11,13-14H2,1-3H3. The highest BCUT2D eigenvalue weighted by atomic mass is 19.1. The van der Waals surface area contributed by atoms with Gasteiger partial charge in [-0.15, -0.1) is 0 Å². The van der Waals surface area contributed by atoms with E-state index < -0.39 is 0 Å². The molecule has 4 nitrogen and oxygen atoms in total. The summed E-state index contributed by atoms with van der Waals surface area (Å²) >= 11 is 0. The Morgan fingerprint density at radius 1 is 1.42 bits per heavy atom. The highest BCUT2D eigenvalue weighted by Crippen LogP contribution is 2.54. The van der Waals surface area contributed by atoms with Crippen LogP contribution in [0.3, 0.4) is 0 Å². The first-order chi connectivity index (χ1) is 12.5. The summed E-state index contributed by atoms with van der Waals surface area (Å²) in [6.07, 6.45) is 6.21. The summed E-state index contributed by atoms with van der Waals surface area (Å²) in [5.41, 5.74) is 1.02. The van der Waals surface area contributed by atoms with Crippen LogP contribution in [0.5, 0.6) is 0 Å². The van der Waals surface area contributed by atoms with Gasteiger partial charge in [0.1, 0.15) is 5.82 Å². The molecule has 5 heteroatoms. The largest absolute Gasteiger partial charge is 0.378 e. The van der Waals surface area contributed by atoms with Gasteiger partial charge >= 0.3 is 0 Å². The predicted molar refractivity (Wildman–Crippen MR) is 100 cm³/mol. The van der Waals surface area contributed by atoms with Crippen molar-refractivity contribution in [1.29, 1.82) is 0 Å². The van der Waals surface area contributed by atoms with Gasteiger partial charge in [0, 0.05) is 31.7 Å². The zero-order chi connectivity index (χ0) is 18.7. The molecule has 1 aromatic carbocycles. The fourth-order valence-corrected chi connectivity index (χ4v) is 4.81. The fourth-order valence-electron chi connectivity index (χ4n) is 4.81. The maximum Gasteiger partial charge on any atom is 0.239 e. The van der Waals surface area contributed by atoms with Crippen molar-refractivity contribution >= 4 is 5.91 Å². The molecule has 1 spiro atoms. The van der Waals surface area contributed by atoms with E-state index in [0.717, 1.165) is 18.6 Å². The van der Waals surface area contributed by atoms with Crippen molar-refractivity contribution in [3.8, 4) is 0 Å². The highest BCUT2D eigenvalue weighted by Gasteiger charge is 2.56. The van der Waals surface area contributed by atoms with Crippen LogP contribution in [-0.2, 0) is 16.1 Å². The monoisotopic (exact) mass is 362 g/mol. The van der Waals surface area contributed by atoms with Crippen LogP contribution in [0.15, 0.2) is 24.3 Å². The van der Waals surface area contributed by atoms with Crippen LogP contribution < -0.4 is 5.32 Å². The van der Waals surface area contributed by atoms with Gasteiger partial charge < -0.3 is 15.0 Å². The lowest BCUT2D eigenvalue weighted by atomic mass is 9.60. The number of carbonyl (C=O) groups is 1. The van der Waals surface area contributed by atoms with Crippen LogP contribution in [0.2, 0.25) is 0 Å². The van der Waals surface area contributed by atoms with E-state index in [1.54, 1.807) is 18.0 Å². The third-order valence-electron chi connectivity index (χ3n) is 6.19. The van der Waals surface area contributed by atoms with Gasteiger partial charge in [0.25, 0.3) is 0 Å². The van der Waals surface area contributed by atoms with Gasteiger partial charge in [-0.2, -0.15) is 0 Å². The molecule has 0 radical (unpaired) electrons. The van der Waals surface area contributed by atoms with Gasteiger partial charge in [0.2, 0.25) is 5.91 Å². The molecule has 2 aliphatic carbocycles. The van der Waals surface area contributed by atoms with Crippen molar-refractivity contribution in [2.24, 2.45) is 5.41 Å². The van der Waals surface area contributed by atoms with Crippen LogP contribution in [-0.4, -0.2) is 42.6 Å². The summed E-state index contributed by atoms with van der Waals surface area (Å²) in [5, 5.41) is 3.57. The molecule has 3 atom stereocenters. The molecule has 1 N–H and O–H groups in total. The number of hydrogen-bond acceptors (Lipinski definition) is 3. The lowest BCUT2D eigenvalue weighted by Gasteiger charge is -2.55. The van der Waals surface area contributed by atoms with E-state index in [9.17, 15) is 9.18 Å². The van der Waals surface area contributed by atoms with E-state index in [2.05, 4.69) is 12.2 Å². The first-order valence-corrected chi connectivity index (χ1v) is 9.83. The van der Waals surface area contributed by atoms with Gasteiger partial charge in [0.05, 0.1) is 12.1 Å². The van der Waals surface area contributed by atoms with Gasteiger partial charge in [-0.25, -0.2) is 4.39 Å². The molecule has 26 heavy (non-hydrogen) atoms. The molecule has 1 amide bonds. The van der Waals surface area contributed by atoms with Crippen LogP contribution in [0, 0.1) is 11.2 Å². The zero-order valence-corrected chi connectivity index (χ0v) is 16.1. The maximum absolute atomic E-state index is 13.3.